The van der Waals surface area contributed by atoms with E-state index >= 15 is 0 Å². The van der Waals surface area contributed by atoms with Gasteiger partial charge in [0.2, 0.25) is 5.91 Å². The summed E-state index contributed by atoms with van der Waals surface area (Å²) >= 11 is 12.3. The number of carbonyl (C=O) groups is 1. The highest BCUT2D eigenvalue weighted by Crippen LogP contribution is 2.32. The van der Waals surface area contributed by atoms with Crippen LogP contribution in [0.25, 0.3) is 10.8 Å². The quantitative estimate of drug-likeness (QED) is 0.357. The molecular weight excluding hydrogens is 479 g/mol. The number of carbonyl (C=O) groups excluding carboxylic acids is 1. The third kappa shape index (κ3) is 5.30. The lowest BCUT2D eigenvalue weighted by Gasteiger charge is -2.25. The Labute approximate surface area is 202 Å². The Hall–Kier alpha value is -3.06. The molecule has 4 aromatic rings. The molecular formula is C25H20Cl2N2O3S. The third-order valence-corrected chi connectivity index (χ3v) is 7.41. The molecule has 4 aromatic carbocycles. The molecule has 0 unspecified atom stereocenters. The molecule has 0 aliphatic heterocycles. The van der Waals surface area contributed by atoms with Crippen LogP contribution in [0.4, 0.5) is 5.69 Å². The first kappa shape index (κ1) is 23.1. The van der Waals surface area contributed by atoms with Crippen molar-refractivity contribution >= 4 is 55.6 Å². The van der Waals surface area contributed by atoms with Gasteiger partial charge >= 0.3 is 0 Å². The number of rotatable bonds is 7. The average molecular weight is 499 g/mol. The Morgan fingerprint density at radius 3 is 2.24 bits per heavy atom. The van der Waals surface area contributed by atoms with Gasteiger partial charge in [0.05, 0.1) is 15.6 Å². The lowest BCUT2D eigenvalue weighted by Crippen LogP contribution is -2.40. The minimum atomic E-state index is -4.05. The number of sulfonamides is 1. The minimum Gasteiger partial charge on any atom is -0.350 e. The van der Waals surface area contributed by atoms with Gasteiger partial charge in [0.15, 0.2) is 0 Å². The molecule has 4 rings (SSSR count). The molecule has 1 amide bonds. The van der Waals surface area contributed by atoms with Crippen LogP contribution in [0.2, 0.25) is 10.0 Å². The lowest BCUT2D eigenvalue weighted by atomic mass is 10.1. The fourth-order valence-electron chi connectivity index (χ4n) is 3.44. The zero-order valence-corrected chi connectivity index (χ0v) is 19.7. The van der Waals surface area contributed by atoms with Crippen LogP contribution < -0.4 is 9.62 Å². The van der Waals surface area contributed by atoms with Gasteiger partial charge in [-0.3, -0.25) is 9.10 Å². The smallest absolute Gasteiger partial charge is 0.264 e. The van der Waals surface area contributed by atoms with Crippen LogP contribution in [0, 0.1) is 0 Å². The maximum absolute atomic E-state index is 13.4. The summed E-state index contributed by atoms with van der Waals surface area (Å²) in [4.78, 5) is 12.9. The average Bonchev–Trinajstić information content (AvgIpc) is 2.82. The summed E-state index contributed by atoms with van der Waals surface area (Å²) < 4.78 is 27.8. The van der Waals surface area contributed by atoms with Gasteiger partial charge in [-0.1, -0.05) is 77.8 Å². The van der Waals surface area contributed by atoms with Gasteiger partial charge in [-0.05, 0) is 52.7 Å². The molecule has 0 bridgehead atoms. The molecule has 168 valence electrons. The molecule has 0 aliphatic rings. The van der Waals surface area contributed by atoms with Crippen LogP contribution in [-0.4, -0.2) is 20.9 Å². The number of hydrogen-bond donors (Lipinski definition) is 1. The summed E-state index contributed by atoms with van der Waals surface area (Å²) in [7, 11) is -4.05. The number of halogens is 2. The van der Waals surface area contributed by atoms with Crippen LogP contribution in [0.1, 0.15) is 5.56 Å². The van der Waals surface area contributed by atoms with E-state index in [0.717, 1.165) is 20.6 Å². The van der Waals surface area contributed by atoms with Crippen LogP contribution >= 0.6 is 23.2 Å². The van der Waals surface area contributed by atoms with E-state index in [-0.39, 0.29) is 22.2 Å². The second-order valence-corrected chi connectivity index (χ2v) is 10.1. The summed E-state index contributed by atoms with van der Waals surface area (Å²) in [6, 6.07) is 26.2. The predicted octanol–water partition coefficient (Wildman–Crippen LogP) is 5.66. The number of anilines is 1. The number of nitrogens with zero attached hydrogens (tertiary/aromatic N) is 1. The lowest BCUT2D eigenvalue weighted by molar-refractivity contribution is -0.119. The summed E-state index contributed by atoms with van der Waals surface area (Å²) in [5.74, 6) is -0.464. The molecule has 33 heavy (non-hydrogen) atoms. The van der Waals surface area contributed by atoms with E-state index < -0.39 is 22.5 Å². The molecule has 0 spiro atoms. The normalized spacial score (nSPS) is 11.3. The van der Waals surface area contributed by atoms with E-state index in [0.29, 0.717) is 5.02 Å². The molecule has 0 fully saturated rings. The zero-order chi connectivity index (χ0) is 23.4. The SMILES string of the molecule is O=C(CN(c1ccc(Cl)cc1Cl)S(=O)(=O)c1ccccc1)NCc1ccc2ccccc2c1. The minimum absolute atomic E-state index is 0.0540. The van der Waals surface area contributed by atoms with Gasteiger partial charge in [0.25, 0.3) is 10.0 Å². The van der Waals surface area contributed by atoms with Crippen molar-refractivity contribution in [3.63, 3.8) is 0 Å². The molecule has 8 heteroatoms. The molecule has 0 atom stereocenters. The number of hydrogen-bond acceptors (Lipinski definition) is 3. The van der Waals surface area contributed by atoms with Crippen molar-refractivity contribution in [2.45, 2.75) is 11.4 Å². The summed E-state index contributed by atoms with van der Waals surface area (Å²) in [6.45, 7) is -0.177. The summed E-state index contributed by atoms with van der Waals surface area (Å²) in [5.41, 5.74) is 1.08. The van der Waals surface area contributed by atoms with E-state index in [4.69, 9.17) is 23.2 Å². The molecule has 0 aliphatic carbocycles. The fraction of sp³-hybridized carbons (Fsp3) is 0.0800. The highest BCUT2D eigenvalue weighted by atomic mass is 35.5. The molecule has 0 aromatic heterocycles. The predicted molar refractivity (Wildman–Crippen MR) is 133 cm³/mol. The van der Waals surface area contributed by atoms with E-state index in [1.165, 1.54) is 30.3 Å². The maximum atomic E-state index is 13.4. The van der Waals surface area contributed by atoms with Crippen molar-refractivity contribution in [3.8, 4) is 0 Å². The van der Waals surface area contributed by atoms with Crippen molar-refractivity contribution in [2.24, 2.45) is 0 Å². The molecule has 0 saturated carbocycles. The van der Waals surface area contributed by atoms with Crippen molar-refractivity contribution in [3.05, 3.63) is 107 Å². The van der Waals surface area contributed by atoms with E-state index in [1.54, 1.807) is 18.2 Å². The topological polar surface area (TPSA) is 66.5 Å². The van der Waals surface area contributed by atoms with Gasteiger partial charge in [-0.2, -0.15) is 0 Å². The van der Waals surface area contributed by atoms with E-state index in [1.807, 2.05) is 42.5 Å². The highest BCUT2D eigenvalue weighted by molar-refractivity contribution is 7.92. The second kappa shape index (κ2) is 9.83. The standard InChI is InChI=1S/C25H20Cl2N2O3S/c26-21-12-13-24(23(27)15-21)29(33(31,32)22-8-2-1-3-9-22)17-25(30)28-16-18-10-11-19-6-4-5-7-20(19)14-18/h1-15H,16-17H2,(H,28,30). The number of fused-ring (bicyclic) bond motifs is 1. The molecule has 1 N–H and O–H groups in total. The van der Waals surface area contributed by atoms with Gasteiger partial charge < -0.3 is 5.32 Å². The van der Waals surface area contributed by atoms with Crippen molar-refractivity contribution in [1.82, 2.24) is 5.32 Å². The third-order valence-electron chi connectivity index (χ3n) is 5.10. The Bertz CT molecular complexity index is 1410. The Morgan fingerprint density at radius 2 is 1.52 bits per heavy atom. The van der Waals surface area contributed by atoms with Crippen molar-refractivity contribution in [1.29, 1.82) is 0 Å². The number of nitrogens with one attached hydrogen (secondary N) is 1. The largest absolute Gasteiger partial charge is 0.350 e. The second-order valence-electron chi connectivity index (χ2n) is 7.38. The van der Waals surface area contributed by atoms with Gasteiger partial charge in [-0.15, -0.1) is 0 Å². The van der Waals surface area contributed by atoms with Crippen LogP contribution in [0.5, 0.6) is 0 Å². The molecule has 0 heterocycles. The maximum Gasteiger partial charge on any atom is 0.264 e. The Balaban J connectivity index is 1.58. The van der Waals surface area contributed by atoms with Gasteiger partial charge in [0, 0.05) is 11.6 Å². The first-order valence-electron chi connectivity index (χ1n) is 10.1. The molecule has 0 radical (unpaired) electrons. The van der Waals surface area contributed by atoms with Gasteiger partial charge in [-0.25, -0.2) is 8.42 Å². The monoisotopic (exact) mass is 498 g/mol. The van der Waals surface area contributed by atoms with Crippen LogP contribution in [0.3, 0.4) is 0 Å². The number of amides is 1. The van der Waals surface area contributed by atoms with E-state index in [9.17, 15) is 13.2 Å². The van der Waals surface area contributed by atoms with Crippen molar-refractivity contribution < 1.29 is 13.2 Å². The van der Waals surface area contributed by atoms with Gasteiger partial charge in [0.1, 0.15) is 6.54 Å². The molecule has 0 saturated heterocycles. The van der Waals surface area contributed by atoms with Crippen LogP contribution in [0.15, 0.2) is 95.9 Å². The molecule has 5 nitrogen and oxygen atoms in total. The summed E-state index contributed by atoms with van der Waals surface area (Å²) in [5, 5.41) is 5.46. The van der Waals surface area contributed by atoms with Crippen LogP contribution in [-0.2, 0) is 21.4 Å². The van der Waals surface area contributed by atoms with E-state index in [2.05, 4.69) is 5.32 Å². The number of benzene rings is 4. The first-order chi connectivity index (χ1) is 15.8. The highest BCUT2D eigenvalue weighted by Gasteiger charge is 2.28. The summed E-state index contributed by atoms with van der Waals surface area (Å²) in [6.07, 6.45) is 0. The van der Waals surface area contributed by atoms with Crippen molar-refractivity contribution in [2.75, 3.05) is 10.8 Å². The fourth-order valence-corrected chi connectivity index (χ4v) is 5.46. The Morgan fingerprint density at radius 1 is 0.818 bits per heavy atom. The zero-order valence-electron chi connectivity index (χ0n) is 17.4. The Kier molecular flexibility index (Phi) is 6.88. The first-order valence-corrected chi connectivity index (χ1v) is 12.3.